The Kier molecular flexibility index (Phi) is 69.3. The summed E-state index contributed by atoms with van der Waals surface area (Å²) in [5.41, 5.74) is 0. The largest absolute Gasteiger partial charge is 0.472 e. The van der Waals surface area contributed by atoms with Gasteiger partial charge in [-0.05, 0) is 96.3 Å². The average molecular weight is 1430 g/mol. The van der Waals surface area contributed by atoms with Gasteiger partial charge in [0.1, 0.15) is 19.3 Å². The van der Waals surface area contributed by atoms with Gasteiger partial charge in [-0.1, -0.05) is 300 Å². The number of carbonyl (C=O) groups is 4. The minimum atomic E-state index is -4.98. The number of phosphoric acid groups is 2. The van der Waals surface area contributed by atoms with E-state index in [2.05, 4.69) is 88.5 Å². The molecule has 0 radical (unpaired) electrons. The van der Waals surface area contributed by atoms with E-state index in [4.69, 9.17) is 37.0 Å². The number of hydrogen-bond donors (Lipinski definition) is 3. The van der Waals surface area contributed by atoms with Crippen molar-refractivity contribution in [2.24, 2.45) is 0 Å². The number of aliphatic hydroxyl groups excluding tert-OH is 1. The molecule has 0 aliphatic rings. The molecule has 17 nitrogen and oxygen atoms in total. The van der Waals surface area contributed by atoms with Crippen molar-refractivity contribution in [1.82, 2.24) is 0 Å². The number of unbranched alkanes of at least 4 members (excludes halogenated alkanes) is 36. The second-order valence-corrected chi connectivity index (χ2v) is 29.2. The number of carbonyl (C=O) groups excluding carboxylic acids is 4. The highest BCUT2D eigenvalue weighted by Crippen LogP contribution is 2.45. The van der Waals surface area contributed by atoms with E-state index in [1.165, 1.54) is 148 Å². The van der Waals surface area contributed by atoms with E-state index in [-0.39, 0.29) is 25.7 Å². The highest BCUT2D eigenvalue weighted by Gasteiger charge is 2.30. The maximum atomic E-state index is 13.1. The molecular formula is C79H142O17P2. The smallest absolute Gasteiger partial charge is 0.462 e. The molecule has 0 rings (SSSR count). The van der Waals surface area contributed by atoms with Crippen LogP contribution in [0.2, 0.25) is 0 Å². The van der Waals surface area contributed by atoms with Gasteiger partial charge < -0.3 is 33.8 Å². The van der Waals surface area contributed by atoms with Crippen LogP contribution in [-0.4, -0.2) is 96.7 Å². The van der Waals surface area contributed by atoms with E-state index in [1.54, 1.807) is 0 Å². The Morgan fingerprint density at radius 2 is 0.510 bits per heavy atom. The molecule has 0 amide bonds. The lowest BCUT2D eigenvalue weighted by atomic mass is 10.0. The van der Waals surface area contributed by atoms with Gasteiger partial charge in [0, 0.05) is 25.7 Å². The molecule has 98 heavy (non-hydrogen) atoms. The number of esters is 4. The first-order chi connectivity index (χ1) is 47.7. The lowest BCUT2D eigenvalue weighted by Crippen LogP contribution is -2.30. The van der Waals surface area contributed by atoms with E-state index in [9.17, 15) is 43.2 Å². The maximum Gasteiger partial charge on any atom is 0.472 e. The van der Waals surface area contributed by atoms with E-state index >= 15 is 0 Å². The molecule has 0 aromatic heterocycles. The van der Waals surface area contributed by atoms with Gasteiger partial charge >= 0.3 is 39.5 Å². The van der Waals surface area contributed by atoms with Gasteiger partial charge in [0.15, 0.2) is 12.2 Å². The lowest BCUT2D eigenvalue weighted by molar-refractivity contribution is -0.161. The van der Waals surface area contributed by atoms with Crippen LogP contribution in [0.25, 0.3) is 0 Å². The molecule has 0 bridgehead atoms. The van der Waals surface area contributed by atoms with Gasteiger partial charge in [-0.3, -0.25) is 37.3 Å². The first kappa shape index (κ1) is 94.5. The quantitative estimate of drug-likeness (QED) is 0.0169. The van der Waals surface area contributed by atoms with Crippen LogP contribution >= 0.6 is 15.6 Å². The Morgan fingerprint density at radius 1 is 0.286 bits per heavy atom. The molecule has 0 heterocycles. The Labute approximate surface area is 596 Å². The third kappa shape index (κ3) is 70.9. The minimum Gasteiger partial charge on any atom is -0.462 e. The second-order valence-electron chi connectivity index (χ2n) is 26.3. The molecule has 0 saturated heterocycles. The van der Waals surface area contributed by atoms with Crippen molar-refractivity contribution in [2.75, 3.05) is 39.6 Å². The van der Waals surface area contributed by atoms with Crippen LogP contribution in [0.4, 0.5) is 0 Å². The molecule has 570 valence electrons. The summed E-state index contributed by atoms with van der Waals surface area (Å²) in [6.45, 7) is 4.79. The Morgan fingerprint density at radius 3 is 0.827 bits per heavy atom. The predicted octanol–water partition coefficient (Wildman–Crippen LogP) is 22.4. The summed E-state index contributed by atoms with van der Waals surface area (Å²) < 4.78 is 68.5. The Balaban J connectivity index is 5.37. The van der Waals surface area contributed by atoms with Gasteiger partial charge in [0.2, 0.25) is 0 Å². The normalized spacial score (nSPS) is 14.3. The highest BCUT2D eigenvalue weighted by atomic mass is 31.2. The topological polar surface area (TPSA) is 237 Å². The summed E-state index contributed by atoms with van der Waals surface area (Å²) in [5, 5.41) is 10.6. The average Bonchev–Trinajstić information content (AvgIpc) is 0.962. The second kappa shape index (κ2) is 71.9. The molecule has 0 aliphatic carbocycles. The number of rotatable bonds is 74. The summed E-state index contributed by atoms with van der Waals surface area (Å²) in [6.07, 6.45) is 71.7. The van der Waals surface area contributed by atoms with Gasteiger partial charge in [-0.15, -0.1) is 0 Å². The zero-order valence-corrected chi connectivity index (χ0v) is 64.0. The van der Waals surface area contributed by atoms with Crippen molar-refractivity contribution in [2.45, 2.75) is 367 Å². The van der Waals surface area contributed by atoms with Crippen LogP contribution in [0, 0.1) is 0 Å². The van der Waals surface area contributed by atoms with Gasteiger partial charge in [0.05, 0.1) is 26.4 Å². The van der Waals surface area contributed by atoms with E-state index < -0.39 is 97.5 Å². The highest BCUT2D eigenvalue weighted by molar-refractivity contribution is 7.47. The minimum absolute atomic E-state index is 0.0822. The summed E-state index contributed by atoms with van der Waals surface area (Å²) in [5.74, 6) is -2.23. The molecular weight excluding hydrogens is 1280 g/mol. The number of aliphatic hydroxyl groups is 1. The summed E-state index contributed by atoms with van der Waals surface area (Å²) in [7, 11) is -9.95. The first-order valence-electron chi connectivity index (χ1n) is 39.2. The number of hydrogen-bond acceptors (Lipinski definition) is 15. The third-order valence-electron chi connectivity index (χ3n) is 16.7. The third-order valence-corrected chi connectivity index (χ3v) is 18.6. The molecule has 0 saturated carbocycles. The molecule has 0 aromatic rings. The number of phosphoric ester groups is 2. The van der Waals surface area contributed by atoms with Crippen molar-refractivity contribution in [1.29, 1.82) is 0 Å². The summed E-state index contributed by atoms with van der Waals surface area (Å²) in [4.78, 5) is 72.8. The van der Waals surface area contributed by atoms with Gasteiger partial charge in [-0.2, -0.15) is 0 Å². The SMILES string of the molecule is CCCCC/C=C\C/C=C\C/C=C\C/C=C\CCCC(=O)OC[C@H](COP(=O)(O)OC[C@@H](O)COP(=O)(O)OC[C@@H](COC(=O)CCCCCCCCCCCCCCC)OC(=O)CCCCCCC/C=C\C/C=C\CCCCC)OC(=O)CCCCCCCCCCCCCCC. The van der Waals surface area contributed by atoms with Crippen LogP contribution in [0.15, 0.2) is 72.9 Å². The van der Waals surface area contributed by atoms with Gasteiger partial charge in [-0.25, -0.2) is 9.13 Å². The van der Waals surface area contributed by atoms with Crippen molar-refractivity contribution >= 4 is 39.5 Å². The number of ether oxygens (including phenoxy) is 4. The number of allylic oxidation sites excluding steroid dienone is 12. The van der Waals surface area contributed by atoms with Gasteiger partial charge in [0.25, 0.3) is 0 Å². The van der Waals surface area contributed by atoms with Crippen LogP contribution in [0.3, 0.4) is 0 Å². The van der Waals surface area contributed by atoms with E-state index in [0.717, 1.165) is 116 Å². The fourth-order valence-electron chi connectivity index (χ4n) is 10.7. The molecule has 3 N–H and O–H groups in total. The molecule has 2 unspecified atom stereocenters. The fraction of sp³-hybridized carbons (Fsp3) is 0.797. The zero-order valence-electron chi connectivity index (χ0n) is 62.2. The standard InChI is InChI=1S/C79H142O17P2/c1-5-9-13-17-21-25-29-33-35-36-38-41-44-48-52-56-60-64-77(82)90-70-74(95-78(83)65-61-57-53-49-45-40-32-28-24-20-16-12-8-4)71-93-97(85,86)91-67-73(80)68-92-98(87,88)94-72-75(69-89-76(81)63-59-55-51-47-43-39-31-27-23-19-15-11-7-3)96-79(84)66-62-58-54-50-46-42-37-34-30-26-22-18-14-10-6-2/h21-22,25-26,33-35,37-38,41,48,52,73-75,80H,5-20,23-24,27-32,36,39-40,42-47,49-51,53-72H2,1-4H3,(H,85,86)(H,87,88)/b25-21-,26-22-,35-33-,37-34-,41-38-,52-48-/t73-,74-,75-/m1/s1. The lowest BCUT2D eigenvalue weighted by Gasteiger charge is -2.21. The van der Waals surface area contributed by atoms with E-state index in [0.29, 0.717) is 32.1 Å². The zero-order chi connectivity index (χ0) is 71.8. The molecule has 0 spiro atoms. The molecule has 19 heteroatoms. The van der Waals surface area contributed by atoms with Crippen LogP contribution in [-0.2, 0) is 65.4 Å². The molecule has 0 aromatic carbocycles. The van der Waals surface area contributed by atoms with Crippen LogP contribution in [0.1, 0.15) is 349 Å². The summed E-state index contributed by atoms with van der Waals surface area (Å²) >= 11 is 0. The van der Waals surface area contributed by atoms with Crippen molar-refractivity contribution in [3.63, 3.8) is 0 Å². The predicted molar refractivity (Wildman–Crippen MR) is 400 cm³/mol. The molecule has 0 fully saturated rings. The monoisotopic (exact) mass is 1420 g/mol. The van der Waals surface area contributed by atoms with Crippen LogP contribution < -0.4 is 0 Å². The van der Waals surface area contributed by atoms with Crippen molar-refractivity contribution in [3.8, 4) is 0 Å². The van der Waals surface area contributed by atoms with Crippen LogP contribution in [0.5, 0.6) is 0 Å². The molecule has 5 atom stereocenters. The van der Waals surface area contributed by atoms with E-state index in [1.807, 2.05) is 12.2 Å². The Hall–Kier alpha value is -3.50. The summed E-state index contributed by atoms with van der Waals surface area (Å²) in [6, 6.07) is 0. The fourth-order valence-corrected chi connectivity index (χ4v) is 12.2. The first-order valence-corrected chi connectivity index (χ1v) is 42.2. The van der Waals surface area contributed by atoms with Crippen molar-refractivity contribution < 1.29 is 80.2 Å². The Bertz CT molecular complexity index is 2140. The molecule has 0 aliphatic heterocycles. The maximum absolute atomic E-state index is 13.1. The van der Waals surface area contributed by atoms with Crippen molar-refractivity contribution in [3.05, 3.63) is 72.9 Å².